The Morgan fingerprint density at radius 3 is 1.39 bits per heavy atom. The van der Waals surface area contributed by atoms with E-state index in [0.29, 0.717) is 138 Å². The topological polar surface area (TPSA) is 156 Å². The van der Waals surface area contributed by atoms with E-state index in [-0.39, 0.29) is 17.7 Å². The number of ether oxygens (including phenoxy) is 9. The van der Waals surface area contributed by atoms with E-state index in [1.807, 2.05) is 11.8 Å². The molecule has 0 bridgehead atoms. The molecule has 1 saturated heterocycles. The Morgan fingerprint density at radius 1 is 0.630 bits per heavy atom. The summed E-state index contributed by atoms with van der Waals surface area (Å²) < 4.78 is 48.5. The Morgan fingerprint density at radius 2 is 1.02 bits per heavy atom. The first kappa shape index (κ1) is 41.2. The number of aliphatic hydroxyl groups excluding tert-OH is 2. The summed E-state index contributed by atoms with van der Waals surface area (Å²) in [7, 11) is 1.64. The van der Waals surface area contributed by atoms with Crippen LogP contribution in [0.4, 0.5) is 0 Å². The quantitative estimate of drug-likeness (QED) is 0.0921. The third kappa shape index (κ3) is 19.7. The normalized spacial score (nSPS) is 23.7. The summed E-state index contributed by atoms with van der Waals surface area (Å²) in [5.74, 6) is 0.604. The number of amides is 1. The van der Waals surface area contributed by atoms with Crippen molar-refractivity contribution in [3.05, 3.63) is 0 Å². The van der Waals surface area contributed by atoms with E-state index >= 15 is 0 Å². The van der Waals surface area contributed by atoms with E-state index in [1.165, 1.54) is 0 Å². The van der Waals surface area contributed by atoms with Gasteiger partial charge in [-0.3, -0.25) is 9.69 Å². The van der Waals surface area contributed by atoms with Gasteiger partial charge in [0.2, 0.25) is 5.91 Å². The van der Waals surface area contributed by atoms with E-state index in [0.717, 1.165) is 25.7 Å². The number of aliphatic hydroxyl groups is 2. The second-order valence-electron chi connectivity index (χ2n) is 11.7. The maximum absolute atomic E-state index is 12.5. The number of nitrogens with one attached hydrogen (secondary N) is 1. The minimum atomic E-state index is -0.574. The average Bonchev–Trinajstić information content (AvgIpc) is 3.30. The number of carbonyl (C=O) groups is 1. The molecule has 1 unspecified atom stereocenters. The van der Waals surface area contributed by atoms with Crippen molar-refractivity contribution < 1.29 is 57.6 Å². The van der Waals surface area contributed by atoms with E-state index in [4.69, 9.17) is 42.6 Å². The molecule has 1 aliphatic heterocycles. The number of methoxy groups -OCH3 is 1. The Bertz CT molecular complexity index is 717. The van der Waals surface area contributed by atoms with Crippen molar-refractivity contribution in [1.82, 2.24) is 10.2 Å². The molecule has 14 nitrogen and oxygen atoms in total. The van der Waals surface area contributed by atoms with Crippen LogP contribution in [0.5, 0.6) is 0 Å². The lowest BCUT2D eigenvalue weighted by atomic mass is 9.81. The van der Waals surface area contributed by atoms with Crippen LogP contribution < -0.4 is 5.32 Å². The summed E-state index contributed by atoms with van der Waals surface area (Å²) in [5, 5.41) is 23.4. The fraction of sp³-hybridized carbons (Fsp3) is 0.969. The van der Waals surface area contributed by atoms with Gasteiger partial charge in [-0.15, -0.1) is 0 Å². The molecule has 1 saturated carbocycles. The van der Waals surface area contributed by atoms with Gasteiger partial charge in [0, 0.05) is 26.1 Å². The van der Waals surface area contributed by atoms with Gasteiger partial charge in [0.15, 0.2) is 0 Å². The zero-order valence-corrected chi connectivity index (χ0v) is 28.3. The Labute approximate surface area is 275 Å². The van der Waals surface area contributed by atoms with Crippen LogP contribution >= 0.6 is 0 Å². The predicted octanol–water partition coefficient (Wildman–Crippen LogP) is 0.667. The van der Waals surface area contributed by atoms with E-state index in [1.54, 1.807) is 7.11 Å². The molecule has 2 fully saturated rings. The molecule has 272 valence electrons. The second-order valence-corrected chi connectivity index (χ2v) is 11.7. The summed E-state index contributed by atoms with van der Waals surface area (Å²) in [6, 6.07) is 0. The van der Waals surface area contributed by atoms with E-state index in [9.17, 15) is 15.0 Å². The van der Waals surface area contributed by atoms with Crippen LogP contribution in [0.3, 0.4) is 0 Å². The van der Waals surface area contributed by atoms with Gasteiger partial charge < -0.3 is 58.2 Å². The smallest absolute Gasteiger partial charge is 0.223 e. The molecule has 2 rings (SSSR count). The summed E-state index contributed by atoms with van der Waals surface area (Å²) >= 11 is 0. The van der Waals surface area contributed by atoms with Gasteiger partial charge in [-0.05, 0) is 43.9 Å². The third-order valence-corrected chi connectivity index (χ3v) is 8.08. The molecule has 0 aromatic carbocycles. The lowest BCUT2D eigenvalue weighted by Crippen LogP contribution is -2.42. The third-order valence-electron chi connectivity index (χ3n) is 8.08. The van der Waals surface area contributed by atoms with Crippen molar-refractivity contribution in [3.8, 4) is 0 Å². The van der Waals surface area contributed by atoms with Crippen LogP contribution in [-0.2, 0) is 47.4 Å². The van der Waals surface area contributed by atoms with Crippen molar-refractivity contribution in [2.75, 3.05) is 133 Å². The van der Waals surface area contributed by atoms with Gasteiger partial charge in [-0.25, -0.2) is 0 Å². The van der Waals surface area contributed by atoms with Crippen LogP contribution in [0.2, 0.25) is 0 Å². The molecule has 1 heterocycles. The standard InChI is InChI=1S/C32H62N2O12/c1-27-25-30(35)34(32(27)37)26-28-3-5-29(6-4-28)31(36)33-7-8-39-11-12-41-15-16-43-19-20-45-23-24-46-22-21-44-18-17-42-14-13-40-10-9-38-2/h27-30,32,35,37H,3-26H2,1-2H3,(H,33,36)/t27?,28-,29-,30-,32+/m1/s1. The zero-order valence-electron chi connectivity index (χ0n) is 28.3. The van der Waals surface area contributed by atoms with Gasteiger partial charge in [-0.2, -0.15) is 0 Å². The van der Waals surface area contributed by atoms with E-state index in [2.05, 4.69) is 5.32 Å². The van der Waals surface area contributed by atoms with E-state index < -0.39 is 12.5 Å². The fourth-order valence-electron chi connectivity index (χ4n) is 5.40. The van der Waals surface area contributed by atoms with Crippen molar-refractivity contribution in [2.45, 2.75) is 51.5 Å². The first-order chi connectivity index (χ1) is 22.5. The molecule has 1 amide bonds. The van der Waals surface area contributed by atoms with Gasteiger partial charge in [-0.1, -0.05) is 6.92 Å². The molecular formula is C32H62N2O12. The van der Waals surface area contributed by atoms with Crippen molar-refractivity contribution >= 4 is 5.91 Å². The highest BCUT2D eigenvalue weighted by Gasteiger charge is 2.38. The van der Waals surface area contributed by atoms with Crippen LogP contribution in [0.15, 0.2) is 0 Å². The summed E-state index contributed by atoms with van der Waals surface area (Å²) in [5.41, 5.74) is 0. The molecule has 0 spiro atoms. The van der Waals surface area contributed by atoms with Crippen LogP contribution in [0.1, 0.15) is 39.0 Å². The predicted molar refractivity (Wildman–Crippen MR) is 169 cm³/mol. The molecule has 3 N–H and O–H groups in total. The molecule has 3 atom stereocenters. The van der Waals surface area contributed by atoms with Gasteiger partial charge >= 0.3 is 0 Å². The maximum Gasteiger partial charge on any atom is 0.223 e. The van der Waals surface area contributed by atoms with Crippen LogP contribution in [-0.4, -0.2) is 166 Å². The molecule has 1 aliphatic carbocycles. The summed E-state index contributed by atoms with van der Waals surface area (Å²) in [4.78, 5) is 14.3. The lowest BCUT2D eigenvalue weighted by molar-refractivity contribution is -0.127. The monoisotopic (exact) mass is 666 g/mol. The molecule has 0 radical (unpaired) electrons. The largest absolute Gasteiger partial charge is 0.382 e. The lowest BCUT2D eigenvalue weighted by Gasteiger charge is -2.33. The average molecular weight is 667 g/mol. The minimum absolute atomic E-state index is 0.0238. The number of hydrogen-bond acceptors (Lipinski definition) is 13. The molecule has 2 aliphatic rings. The van der Waals surface area contributed by atoms with Crippen molar-refractivity contribution in [2.24, 2.45) is 17.8 Å². The first-order valence-corrected chi connectivity index (χ1v) is 17.0. The highest BCUT2D eigenvalue weighted by Crippen LogP contribution is 2.33. The molecule has 0 aromatic rings. The molecule has 0 aromatic heterocycles. The maximum atomic E-state index is 12.5. The SMILES string of the molecule is COCCOCCOCCOCCOCCOCCOCCOCCOCCNC(=O)[C@H]1CC[C@H](CN2[C@H](O)CC(C)[C@@H]2O)CC1. The van der Waals surface area contributed by atoms with Gasteiger partial charge in [0.1, 0.15) is 12.5 Å². The summed E-state index contributed by atoms with van der Waals surface area (Å²) in [6.07, 6.45) is 3.02. The number of hydrogen-bond donors (Lipinski definition) is 3. The Kier molecular flexibility index (Phi) is 25.0. The first-order valence-electron chi connectivity index (χ1n) is 17.0. The number of carbonyl (C=O) groups excluding carboxylic acids is 1. The number of rotatable bonds is 30. The molecular weight excluding hydrogens is 604 g/mol. The van der Waals surface area contributed by atoms with Crippen LogP contribution in [0.25, 0.3) is 0 Å². The number of nitrogens with zero attached hydrogens (tertiary/aromatic N) is 1. The second kappa shape index (κ2) is 27.9. The van der Waals surface area contributed by atoms with Crippen LogP contribution in [0, 0.1) is 17.8 Å². The van der Waals surface area contributed by atoms with Gasteiger partial charge in [0.05, 0.1) is 112 Å². The Balaban J connectivity index is 1.24. The number of likely N-dealkylation sites (tertiary alicyclic amines) is 1. The summed E-state index contributed by atoms with van der Waals surface area (Å²) in [6.45, 7) is 11.8. The fourth-order valence-corrected chi connectivity index (χ4v) is 5.40. The Hall–Kier alpha value is -1.01. The van der Waals surface area contributed by atoms with Crippen molar-refractivity contribution in [3.63, 3.8) is 0 Å². The van der Waals surface area contributed by atoms with Crippen molar-refractivity contribution in [1.29, 1.82) is 0 Å². The highest BCUT2D eigenvalue weighted by atomic mass is 16.6. The molecule has 14 heteroatoms. The zero-order chi connectivity index (χ0) is 33.1. The van der Waals surface area contributed by atoms with Gasteiger partial charge in [0.25, 0.3) is 0 Å². The highest BCUT2D eigenvalue weighted by molar-refractivity contribution is 5.78. The molecule has 46 heavy (non-hydrogen) atoms. The minimum Gasteiger partial charge on any atom is -0.382 e.